The monoisotopic (exact) mass is 116 g/mol. The third kappa shape index (κ3) is 0.894. The number of urea groups is 1. The van der Waals surface area contributed by atoms with Crippen LogP contribution in [-0.2, 0) is 4.84 Å². The van der Waals surface area contributed by atoms with E-state index in [4.69, 9.17) is 10.6 Å². The summed E-state index contributed by atoms with van der Waals surface area (Å²) in [6, 6.07) is -0.498. The zero-order valence-corrected chi connectivity index (χ0v) is 4.46. The van der Waals surface area contributed by atoms with E-state index in [9.17, 15) is 4.79 Å². The van der Waals surface area contributed by atoms with Crippen molar-refractivity contribution in [3.63, 3.8) is 0 Å². The highest BCUT2D eigenvalue weighted by Crippen LogP contribution is 2.01. The second-order valence-electron chi connectivity index (χ2n) is 1.63. The molecular formula is C4H8N2O2. The molecule has 1 heterocycles. The molecule has 0 radical (unpaired) electrons. The van der Waals surface area contributed by atoms with E-state index in [0.29, 0.717) is 13.2 Å². The van der Waals surface area contributed by atoms with Gasteiger partial charge in [-0.3, -0.25) is 4.84 Å². The number of rotatable bonds is 0. The minimum atomic E-state index is -0.498. The number of carbonyl (C=O) groups is 1. The standard InChI is InChI=1S/C4H8N2O2/c5-4(7)6-2-1-3-8-6/h1-3H2,(H2,5,7). The van der Waals surface area contributed by atoms with Crippen LogP contribution in [0.4, 0.5) is 4.79 Å². The lowest BCUT2D eigenvalue weighted by Crippen LogP contribution is -2.31. The van der Waals surface area contributed by atoms with Crippen LogP contribution in [0, 0.1) is 0 Å². The summed E-state index contributed by atoms with van der Waals surface area (Å²) in [6.07, 6.45) is 0.892. The molecule has 0 spiro atoms. The van der Waals surface area contributed by atoms with Crippen LogP contribution in [0.3, 0.4) is 0 Å². The van der Waals surface area contributed by atoms with Gasteiger partial charge in [-0.2, -0.15) is 0 Å². The quantitative estimate of drug-likeness (QED) is 0.472. The van der Waals surface area contributed by atoms with E-state index in [2.05, 4.69) is 0 Å². The summed E-state index contributed by atoms with van der Waals surface area (Å²) in [7, 11) is 0. The number of nitrogens with zero attached hydrogens (tertiary/aromatic N) is 1. The maximum atomic E-state index is 10.2. The molecule has 2 amide bonds. The molecule has 2 N–H and O–H groups in total. The predicted molar refractivity (Wildman–Crippen MR) is 26.9 cm³/mol. The number of hydroxylamine groups is 2. The largest absolute Gasteiger partial charge is 0.350 e. The summed E-state index contributed by atoms with van der Waals surface area (Å²) in [5.41, 5.74) is 4.86. The van der Waals surface area contributed by atoms with Crippen LogP contribution in [0.5, 0.6) is 0 Å². The third-order valence-corrected chi connectivity index (χ3v) is 0.998. The van der Waals surface area contributed by atoms with Gasteiger partial charge in [-0.05, 0) is 6.42 Å². The molecule has 4 nitrogen and oxygen atoms in total. The summed E-state index contributed by atoms with van der Waals surface area (Å²) in [6.45, 7) is 1.25. The van der Waals surface area contributed by atoms with Gasteiger partial charge in [0.1, 0.15) is 0 Å². The van der Waals surface area contributed by atoms with E-state index in [-0.39, 0.29) is 0 Å². The van der Waals surface area contributed by atoms with Crippen molar-refractivity contribution >= 4 is 6.03 Å². The molecule has 0 aromatic heterocycles. The van der Waals surface area contributed by atoms with Crippen LogP contribution < -0.4 is 5.73 Å². The van der Waals surface area contributed by atoms with Crippen LogP contribution in [0.2, 0.25) is 0 Å². The number of nitrogens with two attached hydrogens (primary N) is 1. The summed E-state index contributed by atoms with van der Waals surface area (Å²) in [5.74, 6) is 0. The highest BCUT2D eigenvalue weighted by molar-refractivity contribution is 5.70. The molecule has 0 bridgehead atoms. The Bertz CT molecular complexity index is 98.2. The van der Waals surface area contributed by atoms with Crippen LogP contribution in [0.1, 0.15) is 6.42 Å². The van der Waals surface area contributed by atoms with Gasteiger partial charge < -0.3 is 5.73 Å². The van der Waals surface area contributed by atoms with E-state index < -0.39 is 6.03 Å². The fourth-order valence-corrected chi connectivity index (χ4v) is 0.621. The van der Waals surface area contributed by atoms with Crippen molar-refractivity contribution in [2.45, 2.75) is 6.42 Å². The maximum absolute atomic E-state index is 10.2. The lowest BCUT2D eigenvalue weighted by Gasteiger charge is -2.07. The molecule has 1 fully saturated rings. The van der Waals surface area contributed by atoms with Crippen molar-refractivity contribution < 1.29 is 9.63 Å². The summed E-state index contributed by atoms with van der Waals surface area (Å²) < 4.78 is 0. The smallest absolute Gasteiger partial charge is 0.338 e. The molecule has 0 aromatic rings. The van der Waals surface area contributed by atoms with Gasteiger partial charge in [0.2, 0.25) is 0 Å². The second kappa shape index (κ2) is 2.00. The molecule has 1 saturated heterocycles. The minimum absolute atomic E-state index is 0.498. The van der Waals surface area contributed by atoms with Crippen molar-refractivity contribution in [1.82, 2.24) is 5.06 Å². The molecule has 1 aliphatic rings. The molecule has 0 aromatic carbocycles. The lowest BCUT2D eigenvalue weighted by molar-refractivity contribution is -0.0631. The van der Waals surface area contributed by atoms with Gasteiger partial charge in [0.15, 0.2) is 0 Å². The third-order valence-electron chi connectivity index (χ3n) is 0.998. The van der Waals surface area contributed by atoms with E-state index in [0.717, 1.165) is 6.42 Å². The number of primary amides is 1. The Morgan fingerprint density at radius 3 is 2.75 bits per heavy atom. The number of amides is 2. The van der Waals surface area contributed by atoms with Gasteiger partial charge in [-0.1, -0.05) is 0 Å². The van der Waals surface area contributed by atoms with E-state index >= 15 is 0 Å². The zero-order valence-electron chi connectivity index (χ0n) is 4.46. The van der Waals surface area contributed by atoms with Crippen molar-refractivity contribution in [3.8, 4) is 0 Å². The summed E-state index contributed by atoms with van der Waals surface area (Å²) in [4.78, 5) is 15.0. The lowest BCUT2D eigenvalue weighted by atomic mass is 10.5. The van der Waals surface area contributed by atoms with Gasteiger partial charge in [0.25, 0.3) is 0 Å². The second-order valence-corrected chi connectivity index (χ2v) is 1.63. The first kappa shape index (κ1) is 5.37. The fraction of sp³-hybridized carbons (Fsp3) is 0.750. The highest BCUT2D eigenvalue weighted by atomic mass is 16.7. The molecule has 0 aliphatic carbocycles. The molecule has 46 valence electrons. The Balaban J connectivity index is 2.35. The van der Waals surface area contributed by atoms with Crippen LogP contribution >= 0.6 is 0 Å². The number of hydrogen-bond donors (Lipinski definition) is 1. The topological polar surface area (TPSA) is 55.6 Å². The van der Waals surface area contributed by atoms with Crippen LogP contribution in [-0.4, -0.2) is 24.2 Å². The first-order chi connectivity index (χ1) is 3.80. The average Bonchev–Trinajstić information content (AvgIpc) is 2.12. The Morgan fingerprint density at radius 2 is 2.50 bits per heavy atom. The zero-order chi connectivity index (χ0) is 5.98. The Hall–Kier alpha value is -0.770. The predicted octanol–water partition coefficient (Wildman–Crippen LogP) is -0.298. The number of carbonyl (C=O) groups excluding carboxylic acids is 1. The van der Waals surface area contributed by atoms with Gasteiger partial charge >= 0.3 is 6.03 Å². The van der Waals surface area contributed by atoms with E-state index in [1.54, 1.807) is 0 Å². The first-order valence-electron chi connectivity index (χ1n) is 2.50. The SMILES string of the molecule is NC(=O)N1CCCO1. The maximum Gasteiger partial charge on any atom is 0.338 e. The Kier molecular flexibility index (Phi) is 1.34. The fourth-order valence-electron chi connectivity index (χ4n) is 0.621. The molecular weight excluding hydrogens is 108 g/mol. The summed E-state index contributed by atoms with van der Waals surface area (Å²) >= 11 is 0. The Labute approximate surface area is 47.2 Å². The normalized spacial score (nSPS) is 19.2. The molecule has 4 heteroatoms. The molecule has 0 saturated carbocycles. The van der Waals surface area contributed by atoms with Gasteiger partial charge in [-0.25, -0.2) is 9.86 Å². The highest BCUT2D eigenvalue weighted by Gasteiger charge is 2.14. The minimum Gasteiger partial charge on any atom is -0.350 e. The molecule has 0 atom stereocenters. The first-order valence-corrected chi connectivity index (χ1v) is 2.50. The van der Waals surface area contributed by atoms with Crippen LogP contribution in [0.25, 0.3) is 0 Å². The van der Waals surface area contributed by atoms with Crippen molar-refractivity contribution in [1.29, 1.82) is 0 Å². The molecule has 0 unspecified atom stereocenters. The van der Waals surface area contributed by atoms with E-state index in [1.807, 2.05) is 0 Å². The Morgan fingerprint density at radius 1 is 1.75 bits per heavy atom. The molecule has 1 rings (SSSR count). The van der Waals surface area contributed by atoms with Gasteiger partial charge in [0.05, 0.1) is 13.2 Å². The van der Waals surface area contributed by atoms with Crippen molar-refractivity contribution in [3.05, 3.63) is 0 Å². The summed E-state index contributed by atoms with van der Waals surface area (Å²) in [5, 5.41) is 1.17. The van der Waals surface area contributed by atoms with Crippen molar-refractivity contribution in [2.24, 2.45) is 5.73 Å². The van der Waals surface area contributed by atoms with Gasteiger partial charge in [0, 0.05) is 0 Å². The van der Waals surface area contributed by atoms with Crippen molar-refractivity contribution in [2.75, 3.05) is 13.2 Å². The van der Waals surface area contributed by atoms with Crippen LogP contribution in [0.15, 0.2) is 0 Å². The van der Waals surface area contributed by atoms with Gasteiger partial charge in [-0.15, -0.1) is 0 Å². The average molecular weight is 116 g/mol. The van der Waals surface area contributed by atoms with E-state index in [1.165, 1.54) is 5.06 Å². The molecule has 1 aliphatic heterocycles. The molecule has 8 heavy (non-hydrogen) atoms. The number of hydrogen-bond acceptors (Lipinski definition) is 2.